The zero-order valence-electron chi connectivity index (χ0n) is 30.0. The average molecular weight is 718 g/mol. The van der Waals surface area contributed by atoms with Crippen molar-refractivity contribution in [1.82, 2.24) is 15.7 Å². The normalized spacial score (nSPS) is 29.0. The first-order chi connectivity index (χ1) is 24.6. The van der Waals surface area contributed by atoms with E-state index >= 15 is 0 Å². The molecular weight excluding hydrogens is 662 g/mol. The first kappa shape index (κ1) is 39.1. The summed E-state index contributed by atoms with van der Waals surface area (Å²) in [5.74, 6) is -2.87. The van der Waals surface area contributed by atoms with Crippen LogP contribution >= 0.6 is 0 Å². The largest absolute Gasteiger partial charge is 0.499 e. The maximum atomic E-state index is 14.7. The molecule has 1 aromatic carbocycles. The lowest BCUT2D eigenvalue weighted by atomic mass is 9.62. The standard InChI is InChI=1S/C37H55N3O11/c1-4-6-8-15-36(16-9-7-5-2)49-29-27-22-37(35(46)39-28(24(3)43)33(44)38-17-18-41)31(34(45)48-27)40(51-32(37)30(29)50-36)23-26-12-10-25(11-13-26)14-20-47-21-19-42/h10-14,20,24,27-32,41-43H,4-9,15-19,21-23H2,1-3H3,(H,38,44)(H,39,46)/t24-,27+,28+,29-,30-,31-,32+,37-/m0/s1. The van der Waals surface area contributed by atoms with Crippen LogP contribution in [0.4, 0.5) is 0 Å². The molecule has 5 rings (SSSR count). The Hall–Kier alpha value is -3.11. The molecule has 0 unspecified atom stereocenters. The fraction of sp³-hybridized carbons (Fsp3) is 0.703. The molecular formula is C37H55N3O11. The number of benzene rings is 1. The minimum Gasteiger partial charge on any atom is -0.499 e. The second-order valence-corrected chi connectivity index (χ2v) is 14.1. The number of fused-ring (bicyclic) bond motifs is 4. The lowest BCUT2D eigenvalue weighted by Crippen LogP contribution is -2.71. The van der Waals surface area contributed by atoms with Crippen molar-refractivity contribution in [3.05, 3.63) is 41.7 Å². The monoisotopic (exact) mass is 717 g/mol. The van der Waals surface area contributed by atoms with E-state index in [4.69, 9.17) is 28.9 Å². The lowest BCUT2D eigenvalue weighted by molar-refractivity contribution is -0.224. The Morgan fingerprint density at radius 1 is 1.04 bits per heavy atom. The number of amides is 2. The van der Waals surface area contributed by atoms with E-state index in [0.717, 1.165) is 49.7 Å². The van der Waals surface area contributed by atoms with Crippen LogP contribution in [0.25, 0.3) is 6.08 Å². The summed E-state index contributed by atoms with van der Waals surface area (Å²) in [5.41, 5.74) is 0.116. The van der Waals surface area contributed by atoms with Crippen LogP contribution in [0, 0.1) is 5.41 Å². The highest BCUT2D eigenvalue weighted by Gasteiger charge is 2.76. The number of hydroxylamine groups is 2. The van der Waals surface area contributed by atoms with Crippen molar-refractivity contribution in [2.75, 3.05) is 26.4 Å². The molecule has 2 amide bonds. The number of unbranched alkanes of at least 4 members (excludes halogenated alkanes) is 4. The van der Waals surface area contributed by atoms with E-state index in [1.807, 2.05) is 24.3 Å². The fourth-order valence-electron chi connectivity index (χ4n) is 7.83. The molecule has 1 saturated carbocycles. The number of carbonyl (C=O) groups excluding carboxylic acids is 3. The number of ether oxygens (including phenoxy) is 4. The molecule has 5 N–H and O–H groups in total. The summed E-state index contributed by atoms with van der Waals surface area (Å²) >= 11 is 0. The smallest absolute Gasteiger partial charge is 0.327 e. The van der Waals surface area contributed by atoms with Gasteiger partial charge in [-0.3, -0.25) is 19.2 Å². The van der Waals surface area contributed by atoms with Gasteiger partial charge in [0.25, 0.3) is 0 Å². The SMILES string of the molecule is CCCCCC1(CCCCC)O[C@@H]2[C@H](O1)[C@H]1ON(Cc3ccc(C=COCCO)cc3)[C@H]3C(=O)O[C@@H]2C[C@@]13C(=O)N[C@@H](C(=O)NCCO)[C@H](C)O. The number of esters is 1. The van der Waals surface area contributed by atoms with Gasteiger partial charge in [-0.2, -0.15) is 5.06 Å². The van der Waals surface area contributed by atoms with Gasteiger partial charge in [-0.15, -0.1) is 0 Å². The van der Waals surface area contributed by atoms with Crippen LogP contribution in [0.3, 0.4) is 0 Å². The summed E-state index contributed by atoms with van der Waals surface area (Å²) in [6.45, 7) is 5.52. The number of rotatable bonds is 20. The summed E-state index contributed by atoms with van der Waals surface area (Å²) in [5, 5.41) is 35.5. The Morgan fingerprint density at radius 3 is 2.35 bits per heavy atom. The summed E-state index contributed by atoms with van der Waals surface area (Å²) in [6.07, 6.45) is 6.01. The molecule has 14 nitrogen and oxygen atoms in total. The second kappa shape index (κ2) is 17.6. The van der Waals surface area contributed by atoms with Crippen molar-refractivity contribution in [2.24, 2.45) is 5.41 Å². The third-order valence-corrected chi connectivity index (χ3v) is 10.3. The number of aliphatic hydroxyl groups is 3. The van der Waals surface area contributed by atoms with Crippen LogP contribution in [-0.4, -0.2) is 113 Å². The molecule has 1 aliphatic carbocycles. The number of hydrogen-bond donors (Lipinski definition) is 5. The summed E-state index contributed by atoms with van der Waals surface area (Å²) in [4.78, 5) is 48.4. The van der Waals surface area contributed by atoms with Gasteiger partial charge in [-0.05, 0) is 37.0 Å². The molecule has 4 aliphatic rings. The number of aliphatic hydroxyl groups excluding tert-OH is 3. The molecule has 3 saturated heterocycles. The van der Waals surface area contributed by atoms with Crippen molar-refractivity contribution in [3.63, 3.8) is 0 Å². The molecule has 8 atom stereocenters. The average Bonchev–Trinajstić information content (AvgIpc) is 3.67. The number of nitrogens with one attached hydrogen (secondary N) is 2. The Balaban J connectivity index is 1.48. The van der Waals surface area contributed by atoms with Gasteiger partial charge in [0.15, 0.2) is 11.8 Å². The predicted octanol–water partition coefficient (Wildman–Crippen LogP) is 2.08. The van der Waals surface area contributed by atoms with Gasteiger partial charge in [0.05, 0.1) is 32.1 Å². The molecule has 3 heterocycles. The topological polar surface area (TPSA) is 185 Å². The molecule has 14 heteroatoms. The highest BCUT2D eigenvalue weighted by Crippen LogP contribution is 2.58. The third-order valence-electron chi connectivity index (χ3n) is 10.3. The molecule has 3 aliphatic heterocycles. The fourth-order valence-corrected chi connectivity index (χ4v) is 7.83. The van der Waals surface area contributed by atoms with Crippen molar-refractivity contribution in [3.8, 4) is 0 Å². The maximum absolute atomic E-state index is 14.7. The zero-order chi connectivity index (χ0) is 36.6. The molecule has 284 valence electrons. The van der Waals surface area contributed by atoms with Gasteiger partial charge in [-0.25, -0.2) is 0 Å². The Labute approximate surface area is 299 Å². The first-order valence-corrected chi connectivity index (χ1v) is 18.5. The summed E-state index contributed by atoms with van der Waals surface area (Å²) in [7, 11) is 0. The van der Waals surface area contributed by atoms with E-state index in [1.54, 1.807) is 6.08 Å². The predicted molar refractivity (Wildman–Crippen MR) is 184 cm³/mol. The molecule has 51 heavy (non-hydrogen) atoms. The lowest BCUT2D eigenvalue weighted by Gasteiger charge is -2.49. The first-order valence-electron chi connectivity index (χ1n) is 18.5. The van der Waals surface area contributed by atoms with Crippen LogP contribution in [-0.2, 0) is 44.7 Å². The van der Waals surface area contributed by atoms with E-state index < -0.39 is 71.6 Å². The molecule has 4 fully saturated rings. The Kier molecular flexibility index (Phi) is 13.5. The molecule has 0 spiro atoms. The van der Waals surface area contributed by atoms with Gasteiger partial charge in [-0.1, -0.05) is 63.8 Å². The highest BCUT2D eigenvalue weighted by atomic mass is 16.8. The van der Waals surface area contributed by atoms with Crippen LogP contribution in [0.2, 0.25) is 0 Å². The van der Waals surface area contributed by atoms with E-state index in [1.165, 1.54) is 18.2 Å². The molecule has 0 aromatic heterocycles. The maximum Gasteiger partial charge on any atom is 0.327 e. The van der Waals surface area contributed by atoms with Crippen LogP contribution in [0.15, 0.2) is 30.5 Å². The summed E-state index contributed by atoms with van der Waals surface area (Å²) < 4.78 is 25.0. The molecule has 2 bridgehead atoms. The number of carbonyl (C=O) groups is 3. The molecule has 0 radical (unpaired) electrons. The van der Waals surface area contributed by atoms with Gasteiger partial charge in [0.2, 0.25) is 11.8 Å². The van der Waals surface area contributed by atoms with Crippen molar-refractivity contribution in [2.45, 2.75) is 133 Å². The molecule has 1 aromatic rings. The minimum atomic E-state index is -1.54. The third kappa shape index (κ3) is 8.43. The van der Waals surface area contributed by atoms with Crippen LogP contribution in [0.1, 0.15) is 89.7 Å². The van der Waals surface area contributed by atoms with Gasteiger partial charge in [0.1, 0.15) is 42.5 Å². The Morgan fingerprint density at radius 2 is 1.73 bits per heavy atom. The van der Waals surface area contributed by atoms with Crippen LogP contribution in [0.5, 0.6) is 0 Å². The van der Waals surface area contributed by atoms with Crippen LogP contribution < -0.4 is 10.6 Å². The highest BCUT2D eigenvalue weighted by molar-refractivity contribution is 5.96. The van der Waals surface area contributed by atoms with E-state index in [2.05, 4.69) is 24.5 Å². The number of hydrogen-bond acceptors (Lipinski definition) is 12. The van der Waals surface area contributed by atoms with Gasteiger partial charge in [0, 0.05) is 25.8 Å². The Bertz CT molecular complexity index is 1350. The van der Waals surface area contributed by atoms with E-state index in [9.17, 15) is 24.6 Å². The summed E-state index contributed by atoms with van der Waals surface area (Å²) in [6, 6.07) is 4.96. The van der Waals surface area contributed by atoms with E-state index in [0.29, 0.717) is 12.8 Å². The van der Waals surface area contributed by atoms with Crippen molar-refractivity contribution >= 4 is 23.9 Å². The second-order valence-electron chi connectivity index (χ2n) is 14.1. The van der Waals surface area contributed by atoms with E-state index in [-0.39, 0.29) is 39.3 Å². The quantitative estimate of drug-likeness (QED) is 0.0753. The van der Waals surface area contributed by atoms with Crippen molar-refractivity contribution in [1.29, 1.82) is 0 Å². The zero-order valence-corrected chi connectivity index (χ0v) is 30.0. The van der Waals surface area contributed by atoms with Gasteiger partial charge < -0.3 is 44.9 Å². The number of nitrogens with zero attached hydrogens (tertiary/aromatic N) is 1. The van der Waals surface area contributed by atoms with Gasteiger partial charge >= 0.3 is 5.97 Å². The van der Waals surface area contributed by atoms with Crippen molar-refractivity contribution < 1.29 is 53.5 Å². The minimum absolute atomic E-state index is 0.0586.